The number of nitrogens with one attached hydrogen (secondary N) is 1. The lowest BCUT2D eigenvalue weighted by Crippen LogP contribution is -2.18. The summed E-state index contributed by atoms with van der Waals surface area (Å²) in [6.07, 6.45) is 3.29. The molecule has 0 aliphatic rings. The second kappa shape index (κ2) is 9.89. The molecular weight excluding hydrogens is 486 g/mol. The minimum atomic E-state index is -0.416. The van der Waals surface area contributed by atoms with Crippen molar-refractivity contribution in [3.8, 4) is 5.69 Å². The molecule has 3 aromatic heterocycles. The van der Waals surface area contributed by atoms with E-state index in [1.165, 1.54) is 42.6 Å². The van der Waals surface area contributed by atoms with Crippen LogP contribution in [0.15, 0.2) is 84.1 Å². The number of fused-ring (bicyclic) bond motifs is 1. The number of ketones is 1. The first kappa shape index (κ1) is 24.8. The first-order valence-corrected chi connectivity index (χ1v) is 11.9. The fourth-order valence-electron chi connectivity index (χ4n) is 4.73. The average Bonchev–Trinajstić information content (AvgIpc) is 3.36. The fraction of sp³-hybridized carbons (Fsp3) is 0.100. The third kappa shape index (κ3) is 4.41. The van der Waals surface area contributed by atoms with Gasteiger partial charge < -0.3 is 8.97 Å². The SMILES string of the molecule is Cc1c(/C=N\NC(=O)c2cc(C)n(-c3ccc(F)cc3)c2C)c2ccccn2c1C(=O)c1ccc(F)cc1. The van der Waals surface area contributed by atoms with E-state index in [-0.39, 0.29) is 11.6 Å². The van der Waals surface area contributed by atoms with Crippen molar-refractivity contribution in [2.45, 2.75) is 20.8 Å². The molecule has 1 N–H and O–H groups in total. The second-order valence-electron chi connectivity index (χ2n) is 8.97. The minimum Gasteiger partial charge on any atom is -0.318 e. The molecule has 0 aliphatic carbocycles. The Morgan fingerprint density at radius 2 is 1.55 bits per heavy atom. The number of carbonyl (C=O) groups excluding carboxylic acids is 2. The molecule has 6 nitrogen and oxygen atoms in total. The summed E-state index contributed by atoms with van der Waals surface area (Å²) in [7, 11) is 0. The maximum atomic E-state index is 13.4. The number of amides is 1. The van der Waals surface area contributed by atoms with E-state index < -0.39 is 11.7 Å². The van der Waals surface area contributed by atoms with Gasteiger partial charge in [0.2, 0.25) is 5.78 Å². The molecule has 0 unspecified atom stereocenters. The molecular formula is C30H24F2N4O2. The van der Waals surface area contributed by atoms with Gasteiger partial charge in [-0.05, 0) is 93.1 Å². The van der Waals surface area contributed by atoms with Crippen LogP contribution in [0.3, 0.4) is 0 Å². The van der Waals surface area contributed by atoms with Crippen LogP contribution in [0.2, 0.25) is 0 Å². The van der Waals surface area contributed by atoms with Gasteiger partial charge in [0.15, 0.2) is 0 Å². The lowest BCUT2D eigenvalue weighted by molar-refractivity contribution is 0.0953. The molecule has 190 valence electrons. The highest BCUT2D eigenvalue weighted by atomic mass is 19.1. The molecule has 0 radical (unpaired) electrons. The van der Waals surface area contributed by atoms with Crippen LogP contribution < -0.4 is 5.43 Å². The molecule has 0 saturated carbocycles. The Hall–Kier alpha value is -4.85. The van der Waals surface area contributed by atoms with Crippen molar-refractivity contribution >= 4 is 23.4 Å². The van der Waals surface area contributed by atoms with Crippen molar-refractivity contribution in [3.05, 3.63) is 130 Å². The summed E-state index contributed by atoms with van der Waals surface area (Å²) in [4.78, 5) is 26.3. The van der Waals surface area contributed by atoms with Gasteiger partial charge in [0.05, 0.1) is 23.0 Å². The maximum absolute atomic E-state index is 13.4. The molecule has 0 fully saturated rings. The molecule has 0 spiro atoms. The Bertz CT molecular complexity index is 1710. The summed E-state index contributed by atoms with van der Waals surface area (Å²) in [6.45, 7) is 5.49. The number of halogens is 2. The highest BCUT2D eigenvalue weighted by Crippen LogP contribution is 2.25. The van der Waals surface area contributed by atoms with E-state index >= 15 is 0 Å². The number of benzene rings is 2. The number of rotatable bonds is 6. The summed E-state index contributed by atoms with van der Waals surface area (Å²) in [6, 6.07) is 18.7. The molecule has 0 aliphatic heterocycles. The van der Waals surface area contributed by atoms with Crippen molar-refractivity contribution in [2.75, 3.05) is 0 Å². The molecule has 38 heavy (non-hydrogen) atoms. The first-order chi connectivity index (χ1) is 18.3. The number of carbonyl (C=O) groups is 2. The molecule has 8 heteroatoms. The van der Waals surface area contributed by atoms with Gasteiger partial charge in [0.1, 0.15) is 11.6 Å². The zero-order chi connectivity index (χ0) is 27.0. The summed E-state index contributed by atoms with van der Waals surface area (Å²) in [5.41, 5.74) is 8.17. The van der Waals surface area contributed by atoms with E-state index in [1.807, 2.05) is 43.5 Å². The van der Waals surface area contributed by atoms with Gasteiger partial charge in [-0.25, -0.2) is 14.2 Å². The maximum Gasteiger partial charge on any atom is 0.273 e. The predicted octanol–water partition coefficient (Wildman–Crippen LogP) is 5.93. The van der Waals surface area contributed by atoms with Crippen molar-refractivity contribution in [1.29, 1.82) is 0 Å². The van der Waals surface area contributed by atoms with E-state index in [2.05, 4.69) is 10.5 Å². The lowest BCUT2D eigenvalue weighted by Gasteiger charge is -2.09. The van der Waals surface area contributed by atoms with Crippen LogP contribution in [0.1, 0.15) is 48.9 Å². The normalized spacial score (nSPS) is 11.4. The number of nitrogens with zero attached hydrogens (tertiary/aromatic N) is 3. The van der Waals surface area contributed by atoms with Crippen LogP contribution in [0.4, 0.5) is 8.78 Å². The molecule has 5 rings (SSSR count). The number of pyridine rings is 1. The molecule has 0 bridgehead atoms. The summed E-state index contributed by atoms with van der Waals surface area (Å²) >= 11 is 0. The summed E-state index contributed by atoms with van der Waals surface area (Å²) in [5, 5.41) is 4.19. The van der Waals surface area contributed by atoms with Gasteiger partial charge in [-0.2, -0.15) is 5.10 Å². The zero-order valence-electron chi connectivity index (χ0n) is 21.0. The van der Waals surface area contributed by atoms with Gasteiger partial charge in [0.25, 0.3) is 5.91 Å². The number of aryl methyl sites for hydroxylation is 1. The van der Waals surface area contributed by atoms with E-state index in [0.717, 1.165) is 16.9 Å². The predicted molar refractivity (Wildman–Crippen MR) is 142 cm³/mol. The van der Waals surface area contributed by atoms with E-state index in [1.54, 1.807) is 28.8 Å². The molecule has 0 atom stereocenters. The van der Waals surface area contributed by atoms with Crippen molar-refractivity contribution in [1.82, 2.24) is 14.4 Å². The molecule has 3 heterocycles. The Balaban J connectivity index is 1.44. The minimum absolute atomic E-state index is 0.249. The number of hydrogen-bond acceptors (Lipinski definition) is 3. The summed E-state index contributed by atoms with van der Waals surface area (Å²) in [5.74, 6) is -1.40. The van der Waals surface area contributed by atoms with Gasteiger partial charge >= 0.3 is 0 Å². The topological polar surface area (TPSA) is 67.9 Å². The van der Waals surface area contributed by atoms with Crippen molar-refractivity contribution < 1.29 is 18.4 Å². The van der Waals surface area contributed by atoms with Crippen LogP contribution in [-0.2, 0) is 0 Å². The van der Waals surface area contributed by atoms with Gasteiger partial charge in [-0.15, -0.1) is 0 Å². The quantitative estimate of drug-likeness (QED) is 0.175. The Kier molecular flexibility index (Phi) is 6.46. The molecule has 1 amide bonds. The molecule has 2 aromatic carbocycles. The lowest BCUT2D eigenvalue weighted by atomic mass is 10.0. The third-order valence-electron chi connectivity index (χ3n) is 6.58. The highest BCUT2D eigenvalue weighted by Gasteiger charge is 2.21. The summed E-state index contributed by atoms with van der Waals surface area (Å²) < 4.78 is 30.4. The number of aromatic nitrogens is 2. The van der Waals surface area contributed by atoms with Gasteiger partial charge in [-0.1, -0.05) is 6.07 Å². The standard InChI is InChI=1S/C30H24F2N4O2/c1-18-16-25(20(3)36(18)24-13-11-23(32)12-14-24)30(38)34-33-17-26-19(2)28(35-15-5-4-6-27(26)35)29(37)21-7-9-22(31)10-8-21/h4-17H,1-3H3,(H,34,38)/b33-17-. The molecule has 0 saturated heterocycles. The van der Waals surface area contributed by atoms with Crippen LogP contribution in [0, 0.1) is 32.4 Å². The largest absolute Gasteiger partial charge is 0.318 e. The van der Waals surface area contributed by atoms with Crippen LogP contribution in [-0.4, -0.2) is 26.9 Å². The van der Waals surface area contributed by atoms with Crippen molar-refractivity contribution in [2.24, 2.45) is 5.10 Å². The van der Waals surface area contributed by atoms with Crippen LogP contribution in [0.5, 0.6) is 0 Å². The monoisotopic (exact) mass is 510 g/mol. The second-order valence-corrected chi connectivity index (χ2v) is 8.97. The van der Waals surface area contributed by atoms with E-state index in [9.17, 15) is 18.4 Å². The average molecular weight is 511 g/mol. The van der Waals surface area contributed by atoms with Gasteiger partial charge in [0, 0.05) is 34.4 Å². The Labute approximate surface area is 217 Å². The molecule has 5 aromatic rings. The van der Waals surface area contributed by atoms with Crippen LogP contribution >= 0.6 is 0 Å². The Morgan fingerprint density at radius 3 is 2.24 bits per heavy atom. The van der Waals surface area contributed by atoms with Crippen molar-refractivity contribution in [3.63, 3.8) is 0 Å². The highest BCUT2D eigenvalue weighted by molar-refractivity contribution is 6.12. The smallest absolute Gasteiger partial charge is 0.273 e. The van der Waals surface area contributed by atoms with E-state index in [0.29, 0.717) is 33.6 Å². The number of hydrazone groups is 1. The number of hydrogen-bond donors (Lipinski definition) is 1. The Morgan fingerprint density at radius 1 is 0.895 bits per heavy atom. The van der Waals surface area contributed by atoms with E-state index in [4.69, 9.17) is 0 Å². The fourth-order valence-corrected chi connectivity index (χ4v) is 4.73. The zero-order valence-corrected chi connectivity index (χ0v) is 21.0. The first-order valence-electron chi connectivity index (χ1n) is 11.9. The van der Waals surface area contributed by atoms with Gasteiger partial charge in [-0.3, -0.25) is 9.59 Å². The van der Waals surface area contributed by atoms with Crippen LogP contribution in [0.25, 0.3) is 11.2 Å². The third-order valence-corrected chi connectivity index (χ3v) is 6.58.